The van der Waals surface area contributed by atoms with Crippen LogP contribution < -0.4 is 16.6 Å². The summed E-state index contributed by atoms with van der Waals surface area (Å²) in [6.07, 6.45) is 4.78. The van der Waals surface area contributed by atoms with Gasteiger partial charge in [-0.1, -0.05) is 0 Å². The van der Waals surface area contributed by atoms with Crippen LogP contribution >= 0.6 is 0 Å². The summed E-state index contributed by atoms with van der Waals surface area (Å²) in [5.41, 5.74) is 2.66. The molecule has 7 heteroatoms. The van der Waals surface area contributed by atoms with Gasteiger partial charge in [-0.25, -0.2) is 15.8 Å². The molecule has 1 fully saturated rings. The van der Waals surface area contributed by atoms with E-state index in [0.29, 0.717) is 11.7 Å². The Kier molecular flexibility index (Phi) is 4.64. The summed E-state index contributed by atoms with van der Waals surface area (Å²) < 4.78 is 5.31. The number of nitrogens with zero attached hydrogens (tertiary/aromatic N) is 2. The Labute approximate surface area is 111 Å². The minimum Gasteiger partial charge on any atom is -0.381 e. The molecule has 4 N–H and O–H groups in total. The molecule has 0 spiro atoms. The van der Waals surface area contributed by atoms with Gasteiger partial charge in [0, 0.05) is 19.3 Å². The normalized spacial score (nSPS) is 17.8. The van der Waals surface area contributed by atoms with Crippen molar-refractivity contribution in [3.8, 4) is 0 Å². The van der Waals surface area contributed by atoms with Crippen LogP contribution in [0.25, 0.3) is 0 Å². The van der Waals surface area contributed by atoms with Gasteiger partial charge in [-0.2, -0.15) is 0 Å². The summed E-state index contributed by atoms with van der Waals surface area (Å²) in [5, 5.41) is 2.95. The largest absolute Gasteiger partial charge is 0.381 e. The van der Waals surface area contributed by atoms with E-state index in [1.807, 2.05) is 6.92 Å². The lowest BCUT2D eigenvalue weighted by Gasteiger charge is -2.28. The Morgan fingerprint density at radius 2 is 2.16 bits per heavy atom. The van der Waals surface area contributed by atoms with Gasteiger partial charge in [0.2, 0.25) is 0 Å². The van der Waals surface area contributed by atoms with Crippen LogP contribution in [0.2, 0.25) is 0 Å². The maximum absolute atomic E-state index is 12.0. The number of carbonyl (C=O) groups is 1. The summed E-state index contributed by atoms with van der Waals surface area (Å²) in [6.45, 7) is 3.54. The molecule has 1 aromatic heterocycles. The first-order chi connectivity index (χ1) is 9.20. The third-order valence-corrected chi connectivity index (χ3v) is 3.36. The highest BCUT2D eigenvalue weighted by atomic mass is 16.5. The Hall–Kier alpha value is -1.73. The summed E-state index contributed by atoms with van der Waals surface area (Å²) in [6, 6.07) is 0.102. The molecule has 0 bridgehead atoms. The monoisotopic (exact) mass is 265 g/mol. The highest BCUT2D eigenvalue weighted by Crippen LogP contribution is 2.18. The summed E-state index contributed by atoms with van der Waals surface area (Å²) >= 11 is 0. The highest BCUT2D eigenvalue weighted by Gasteiger charge is 2.22. The molecule has 2 heterocycles. The number of aromatic nitrogens is 2. The van der Waals surface area contributed by atoms with E-state index in [9.17, 15) is 4.79 Å². The van der Waals surface area contributed by atoms with Crippen molar-refractivity contribution in [1.29, 1.82) is 0 Å². The zero-order valence-corrected chi connectivity index (χ0v) is 10.9. The fraction of sp³-hybridized carbons (Fsp3) is 0.583. The van der Waals surface area contributed by atoms with Gasteiger partial charge in [-0.05, 0) is 25.7 Å². The minimum atomic E-state index is -0.213. The van der Waals surface area contributed by atoms with Crippen LogP contribution in [0.3, 0.4) is 0 Å². The number of anilines is 1. The Morgan fingerprint density at radius 3 is 2.74 bits per heavy atom. The lowest BCUT2D eigenvalue weighted by molar-refractivity contribution is 0.0537. The number of ether oxygens (including phenoxy) is 1. The van der Waals surface area contributed by atoms with E-state index in [0.717, 1.165) is 26.1 Å². The van der Waals surface area contributed by atoms with E-state index in [2.05, 4.69) is 20.7 Å². The first-order valence-corrected chi connectivity index (χ1v) is 6.38. The molecule has 1 aromatic rings. The molecule has 0 saturated carbocycles. The summed E-state index contributed by atoms with van der Waals surface area (Å²) in [7, 11) is 0. The second-order valence-corrected chi connectivity index (χ2v) is 4.64. The number of amides is 1. The van der Waals surface area contributed by atoms with Crippen LogP contribution in [0.15, 0.2) is 12.4 Å². The Bertz CT molecular complexity index is 417. The third kappa shape index (κ3) is 3.62. The lowest BCUT2D eigenvalue weighted by Crippen LogP contribution is -2.40. The third-order valence-electron chi connectivity index (χ3n) is 3.36. The standard InChI is InChI=1S/C12H19N5O2/c1-8(9-2-4-19-5-3-9)16-12(18)10-6-15-11(17-13)7-14-10/h6-9H,2-5,13H2,1H3,(H,15,17)(H,16,18). The van der Waals surface area contributed by atoms with Crippen molar-refractivity contribution in [2.24, 2.45) is 11.8 Å². The van der Waals surface area contributed by atoms with Crippen LogP contribution in [0.4, 0.5) is 5.82 Å². The topological polar surface area (TPSA) is 102 Å². The zero-order chi connectivity index (χ0) is 13.7. The molecule has 1 unspecified atom stereocenters. The van der Waals surface area contributed by atoms with E-state index in [1.54, 1.807) is 0 Å². The van der Waals surface area contributed by atoms with Gasteiger partial charge in [0.1, 0.15) is 5.69 Å². The van der Waals surface area contributed by atoms with Gasteiger partial charge >= 0.3 is 0 Å². The van der Waals surface area contributed by atoms with Crippen molar-refractivity contribution in [3.05, 3.63) is 18.1 Å². The predicted molar refractivity (Wildman–Crippen MR) is 70.3 cm³/mol. The molecule has 1 saturated heterocycles. The summed E-state index contributed by atoms with van der Waals surface area (Å²) in [4.78, 5) is 20.0. The zero-order valence-electron chi connectivity index (χ0n) is 10.9. The molecule has 1 amide bonds. The number of carbonyl (C=O) groups excluding carboxylic acids is 1. The number of rotatable bonds is 4. The van der Waals surface area contributed by atoms with Crippen LogP contribution in [-0.4, -0.2) is 35.1 Å². The van der Waals surface area contributed by atoms with Gasteiger partial charge in [-0.15, -0.1) is 0 Å². The number of nitrogen functional groups attached to an aromatic ring is 1. The van der Waals surface area contributed by atoms with Crippen molar-refractivity contribution in [3.63, 3.8) is 0 Å². The lowest BCUT2D eigenvalue weighted by atomic mass is 9.93. The number of hydrogen-bond donors (Lipinski definition) is 3. The second-order valence-electron chi connectivity index (χ2n) is 4.64. The predicted octanol–water partition coefficient (Wildman–Crippen LogP) is 0.307. The van der Waals surface area contributed by atoms with Gasteiger partial charge < -0.3 is 15.5 Å². The van der Waals surface area contributed by atoms with Gasteiger partial charge in [0.15, 0.2) is 5.82 Å². The van der Waals surface area contributed by atoms with Crippen molar-refractivity contribution in [2.45, 2.75) is 25.8 Å². The van der Waals surface area contributed by atoms with Crippen molar-refractivity contribution in [1.82, 2.24) is 15.3 Å². The first-order valence-electron chi connectivity index (χ1n) is 6.38. The minimum absolute atomic E-state index is 0.102. The molecule has 0 radical (unpaired) electrons. The van der Waals surface area contributed by atoms with Crippen molar-refractivity contribution >= 4 is 11.7 Å². The van der Waals surface area contributed by atoms with E-state index in [-0.39, 0.29) is 17.6 Å². The molecule has 7 nitrogen and oxygen atoms in total. The first kappa shape index (κ1) is 13.7. The molecule has 1 atom stereocenters. The maximum Gasteiger partial charge on any atom is 0.271 e. The van der Waals surface area contributed by atoms with Crippen LogP contribution in [0.1, 0.15) is 30.3 Å². The number of hydrogen-bond acceptors (Lipinski definition) is 6. The molecular formula is C12H19N5O2. The van der Waals surface area contributed by atoms with E-state index < -0.39 is 0 Å². The molecule has 2 rings (SSSR count). The fourth-order valence-corrected chi connectivity index (χ4v) is 2.13. The van der Waals surface area contributed by atoms with Gasteiger partial charge in [0.25, 0.3) is 5.91 Å². The molecule has 1 aliphatic rings. The number of hydrazine groups is 1. The smallest absolute Gasteiger partial charge is 0.271 e. The fourth-order valence-electron chi connectivity index (χ4n) is 2.13. The Morgan fingerprint density at radius 1 is 1.42 bits per heavy atom. The van der Waals surface area contributed by atoms with Crippen LogP contribution in [-0.2, 0) is 4.74 Å². The second kappa shape index (κ2) is 6.44. The highest BCUT2D eigenvalue weighted by molar-refractivity contribution is 5.92. The molecule has 19 heavy (non-hydrogen) atoms. The summed E-state index contributed by atoms with van der Waals surface area (Å²) in [5.74, 6) is 5.86. The SMILES string of the molecule is CC(NC(=O)c1cnc(NN)cn1)C1CCOCC1. The molecule has 104 valence electrons. The number of nitrogens with two attached hydrogens (primary N) is 1. The van der Waals surface area contributed by atoms with Crippen molar-refractivity contribution in [2.75, 3.05) is 18.6 Å². The van der Waals surface area contributed by atoms with Crippen LogP contribution in [0, 0.1) is 5.92 Å². The average molecular weight is 265 g/mol. The average Bonchev–Trinajstić information content (AvgIpc) is 2.48. The van der Waals surface area contributed by atoms with Crippen molar-refractivity contribution < 1.29 is 9.53 Å². The Balaban J connectivity index is 1.91. The van der Waals surface area contributed by atoms with Gasteiger partial charge in [0.05, 0.1) is 12.4 Å². The van der Waals surface area contributed by atoms with Gasteiger partial charge in [-0.3, -0.25) is 4.79 Å². The number of nitrogens with one attached hydrogen (secondary N) is 2. The maximum atomic E-state index is 12.0. The quantitative estimate of drug-likeness (QED) is 0.535. The molecule has 0 aliphatic carbocycles. The van der Waals surface area contributed by atoms with E-state index in [4.69, 9.17) is 10.6 Å². The van der Waals surface area contributed by atoms with E-state index in [1.165, 1.54) is 12.4 Å². The molecular weight excluding hydrogens is 246 g/mol. The molecule has 0 aromatic carbocycles. The van der Waals surface area contributed by atoms with E-state index >= 15 is 0 Å². The molecule has 1 aliphatic heterocycles. The van der Waals surface area contributed by atoms with Crippen LogP contribution in [0.5, 0.6) is 0 Å².